The molecule has 0 aliphatic rings. The van der Waals surface area contributed by atoms with Gasteiger partial charge in [-0.05, 0) is 24.1 Å². The molecule has 100 valence electrons. The number of carbonyl (C=O) groups is 1. The maximum atomic E-state index is 11.6. The van der Waals surface area contributed by atoms with Crippen LogP contribution in [0, 0.1) is 0 Å². The van der Waals surface area contributed by atoms with Crippen molar-refractivity contribution in [1.29, 1.82) is 0 Å². The van der Waals surface area contributed by atoms with Gasteiger partial charge < -0.3 is 14.8 Å². The van der Waals surface area contributed by atoms with Gasteiger partial charge in [0.2, 0.25) is 0 Å². The van der Waals surface area contributed by atoms with Crippen molar-refractivity contribution in [2.75, 3.05) is 13.2 Å². The molecule has 0 aliphatic heterocycles. The van der Waals surface area contributed by atoms with E-state index < -0.39 is 0 Å². The first kappa shape index (κ1) is 13.4. The Bertz CT molecular complexity index is 543. The molecule has 0 spiro atoms. The summed E-state index contributed by atoms with van der Waals surface area (Å²) in [4.78, 5) is 11.6. The van der Waals surface area contributed by atoms with Crippen molar-refractivity contribution in [1.82, 2.24) is 5.32 Å². The van der Waals surface area contributed by atoms with E-state index >= 15 is 0 Å². The molecule has 2 N–H and O–H groups in total. The Morgan fingerprint density at radius 3 is 2.58 bits per heavy atom. The number of aliphatic hydroxyl groups is 1. The minimum Gasteiger partial charge on any atom is -0.451 e. The molecule has 1 aromatic carbocycles. The van der Waals surface area contributed by atoms with Gasteiger partial charge in [-0.2, -0.15) is 0 Å². The van der Waals surface area contributed by atoms with Crippen molar-refractivity contribution in [3.8, 4) is 11.3 Å². The average molecular weight is 259 g/mol. The molecule has 2 rings (SSSR count). The molecular weight excluding hydrogens is 242 g/mol. The van der Waals surface area contributed by atoms with Crippen LogP contribution >= 0.6 is 0 Å². The summed E-state index contributed by atoms with van der Waals surface area (Å²) in [5.41, 5.74) is 2.20. The number of carbonyl (C=O) groups excluding carboxylic acids is 1. The third-order valence-corrected chi connectivity index (χ3v) is 2.87. The summed E-state index contributed by atoms with van der Waals surface area (Å²) in [6.45, 7) is 2.24. The fraction of sp³-hybridized carbons (Fsp3) is 0.267. The van der Waals surface area contributed by atoms with Crippen molar-refractivity contribution in [2.24, 2.45) is 0 Å². The van der Waals surface area contributed by atoms with Crippen LogP contribution in [0.2, 0.25) is 0 Å². The van der Waals surface area contributed by atoms with E-state index in [0.717, 1.165) is 12.0 Å². The Balaban J connectivity index is 2.13. The zero-order chi connectivity index (χ0) is 13.7. The minimum absolute atomic E-state index is 0.0855. The maximum absolute atomic E-state index is 11.6. The van der Waals surface area contributed by atoms with Gasteiger partial charge in [-0.15, -0.1) is 0 Å². The van der Waals surface area contributed by atoms with E-state index in [4.69, 9.17) is 9.52 Å². The molecule has 4 nitrogen and oxygen atoms in total. The lowest BCUT2D eigenvalue weighted by Crippen LogP contribution is -2.25. The highest BCUT2D eigenvalue weighted by molar-refractivity contribution is 5.92. The molecule has 4 heteroatoms. The van der Waals surface area contributed by atoms with Crippen molar-refractivity contribution in [3.63, 3.8) is 0 Å². The molecule has 0 fully saturated rings. The average Bonchev–Trinajstić information content (AvgIpc) is 2.94. The van der Waals surface area contributed by atoms with Crippen LogP contribution in [0.3, 0.4) is 0 Å². The maximum Gasteiger partial charge on any atom is 0.287 e. The van der Waals surface area contributed by atoms with Crippen LogP contribution in [-0.2, 0) is 6.42 Å². The summed E-state index contributed by atoms with van der Waals surface area (Å²) >= 11 is 0. The Morgan fingerprint density at radius 1 is 1.21 bits per heavy atom. The Kier molecular flexibility index (Phi) is 4.36. The number of hydrogen-bond donors (Lipinski definition) is 2. The molecule has 0 unspecified atom stereocenters. The first-order valence-corrected chi connectivity index (χ1v) is 6.32. The lowest BCUT2D eigenvalue weighted by Gasteiger charge is -2.01. The second-order valence-corrected chi connectivity index (χ2v) is 4.19. The Morgan fingerprint density at radius 2 is 1.95 bits per heavy atom. The van der Waals surface area contributed by atoms with Crippen molar-refractivity contribution in [3.05, 3.63) is 47.7 Å². The highest BCUT2D eigenvalue weighted by Gasteiger charge is 2.11. The second kappa shape index (κ2) is 6.20. The van der Waals surface area contributed by atoms with Gasteiger partial charge in [-0.3, -0.25) is 4.79 Å². The molecule has 19 heavy (non-hydrogen) atoms. The molecule has 1 heterocycles. The number of nitrogens with one attached hydrogen (secondary N) is 1. The summed E-state index contributed by atoms with van der Waals surface area (Å²) < 4.78 is 5.51. The summed E-state index contributed by atoms with van der Waals surface area (Å²) in [6.07, 6.45) is 0.993. The standard InChI is InChI=1S/C15H17NO3/c1-2-11-3-5-12(6-4-11)13-7-8-14(19-13)15(18)16-9-10-17/h3-8,17H,2,9-10H2,1H3,(H,16,18). The number of amides is 1. The van der Waals surface area contributed by atoms with Crippen LogP contribution in [0.1, 0.15) is 23.0 Å². The molecule has 0 saturated heterocycles. The van der Waals surface area contributed by atoms with Gasteiger partial charge in [0.25, 0.3) is 5.91 Å². The lowest BCUT2D eigenvalue weighted by molar-refractivity contribution is 0.0918. The normalized spacial score (nSPS) is 10.4. The quantitative estimate of drug-likeness (QED) is 0.865. The van der Waals surface area contributed by atoms with Gasteiger partial charge in [0, 0.05) is 12.1 Å². The molecular formula is C15H17NO3. The monoisotopic (exact) mass is 259 g/mol. The molecule has 1 amide bonds. The molecule has 0 radical (unpaired) electrons. The topological polar surface area (TPSA) is 62.5 Å². The van der Waals surface area contributed by atoms with Gasteiger partial charge in [-0.1, -0.05) is 31.2 Å². The van der Waals surface area contributed by atoms with Gasteiger partial charge in [0.15, 0.2) is 5.76 Å². The lowest BCUT2D eigenvalue weighted by atomic mass is 10.1. The number of aliphatic hydroxyl groups excluding tert-OH is 1. The van der Waals surface area contributed by atoms with Gasteiger partial charge >= 0.3 is 0 Å². The number of hydrogen-bond acceptors (Lipinski definition) is 3. The van der Waals surface area contributed by atoms with Gasteiger partial charge in [0.05, 0.1) is 6.61 Å². The number of rotatable bonds is 5. The molecule has 2 aromatic rings. The third kappa shape index (κ3) is 3.23. The summed E-state index contributed by atoms with van der Waals surface area (Å²) in [5, 5.41) is 11.2. The summed E-state index contributed by atoms with van der Waals surface area (Å²) in [6, 6.07) is 11.5. The SMILES string of the molecule is CCc1ccc(-c2ccc(C(=O)NCCO)o2)cc1. The predicted octanol–water partition coefficient (Wildman–Crippen LogP) is 2.23. The summed E-state index contributed by atoms with van der Waals surface area (Å²) in [7, 11) is 0. The number of aryl methyl sites for hydroxylation is 1. The molecule has 0 atom stereocenters. The smallest absolute Gasteiger partial charge is 0.287 e. The van der Waals surface area contributed by atoms with E-state index in [9.17, 15) is 4.79 Å². The van der Waals surface area contributed by atoms with E-state index in [-0.39, 0.29) is 24.8 Å². The van der Waals surface area contributed by atoms with Crippen molar-refractivity contribution in [2.45, 2.75) is 13.3 Å². The largest absolute Gasteiger partial charge is 0.451 e. The Hall–Kier alpha value is -2.07. The number of benzene rings is 1. The zero-order valence-corrected chi connectivity index (χ0v) is 10.8. The van der Waals surface area contributed by atoms with Crippen LogP contribution in [0.15, 0.2) is 40.8 Å². The van der Waals surface area contributed by atoms with E-state index in [2.05, 4.69) is 12.2 Å². The number of furan rings is 1. The molecule has 1 aromatic heterocycles. The van der Waals surface area contributed by atoms with E-state index in [1.807, 2.05) is 24.3 Å². The molecule has 0 saturated carbocycles. The Labute approximate surface area is 112 Å². The zero-order valence-electron chi connectivity index (χ0n) is 10.8. The highest BCUT2D eigenvalue weighted by Crippen LogP contribution is 2.22. The van der Waals surface area contributed by atoms with Crippen LogP contribution in [0.5, 0.6) is 0 Å². The first-order chi connectivity index (χ1) is 9.24. The predicted molar refractivity (Wildman–Crippen MR) is 72.9 cm³/mol. The van der Waals surface area contributed by atoms with E-state index in [1.165, 1.54) is 5.56 Å². The van der Waals surface area contributed by atoms with Gasteiger partial charge in [-0.25, -0.2) is 0 Å². The minimum atomic E-state index is -0.314. The molecule has 0 aliphatic carbocycles. The van der Waals surface area contributed by atoms with E-state index in [1.54, 1.807) is 12.1 Å². The van der Waals surface area contributed by atoms with Gasteiger partial charge in [0.1, 0.15) is 5.76 Å². The second-order valence-electron chi connectivity index (χ2n) is 4.19. The molecule has 0 bridgehead atoms. The van der Waals surface area contributed by atoms with Crippen LogP contribution in [-0.4, -0.2) is 24.2 Å². The fourth-order valence-electron chi connectivity index (χ4n) is 1.78. The van der Waals surface area contributed by atoms with Crippen LogP contribution in [0.4, 0.5) is 0 Å². The van der Waals surface area contributed by atoms with E-state index in [0.29, 0.717) is 5.76 Å². The first-order valence-electron chi connectivity index (χ1n) is 6.32. The third-order valence-electron chi connectivity index (χ3n) is 2.87. The highest BCUT2D eigenvalue weighted by atomic mass is 16.4. The van der Waals surface area contributed by atoms with Crippen molar-refractivity contribution < 1.29 is 14.3 Å². The van der Waals surface area contributed by atoms with Crippen LogP contribution < -0.4 is 5.32 Å². The van der Waals surface area contributed by atoms with Crippen molar-refractivity contribution >= 4 is 5.91 Å². The van der Waals surface area contributed by atoms with Crippen LogP contribution in [0.25, 0.3) is 11.3 Å². The fourth-order valence-corrected chi connectivity index (χ4v) is 1.78. The summed E-state index contributed by atoms with van der Waals surface area (Å²) in [5.74, 6) is 0.602.